The van der Waals surface area contributed by atoms with Crippen molar-refractivity contribution in [1.29, 1.82) is 0 Å². The van der Waals surface area contributed by atoms with Gasteiger partial charge in [0.1, 0.15) is 6.10 Å². The molecule has 6 heteroatoms. The molecule has 24 heavy (non-hydrogen) atoms. The van der Waals surface area contributed by atoms with Gasteiger partial charge in [-0.05, 0) is 35.4 Å². The zero-order valence-electron chi connectivity index (χ0n) is 13.2. The van der Waals surface area contributed by atoms with E-state index in [1.54, 1.807) is 0 Å². The van der Waals surface area contributed by atoms with E-state index in [1.165, 1.54) is 0 Å². The zero-order valence-corrected chi connectivity index (χ0v) is 15.6. The van der Waals surface area contributed by atoms with Crippen LogP contribution >= 0.6 is 28.3 Å². The van der Waals surface area contributed by atoms with Gasteiger partial charge in [0.2, 0.25) is 0 Å². The van der Waals surface area contributed by atoms with Gasteiger partial charge in [-0.3, -0.25) is 4.79 Å². The van der Waals surface area contributed by atoms with Gasteiger partial charge in [-0.2, -0.15) is 0 Å². The Balaban J connectivity index is 0.00000208. The molecule has 1 aliphatic rings. The minimum atomic E-state index is -0.0795. The summed E-state index contributed by atoms with van der Waals surface area (Å²) in [6.45, 7) is 2.22. The molecule has 1 amide bonds. The van der Waals surface area contributed by atoms with Crippen molar-refractivity contribution in [3.8, 4) is 0 Å². The van der Waals surface area contributed by atoms with Crippen LogP contribution in [0.4, 0.5) is 0 Å². The number of nitrogens with two attached hydrogens (primary N) is 1. The molecular formula is C18H20BrClN2O2. The first kappa shape index (κ1) is 18.9. The fourth-order valence-electron chi connectivity index (χ4n) is 2.68. The second kappa shape index (κ2) is 8.62. The van der Waals surface area contributed by atoms with E-state index in [-0.39, 0.29) is 24.4 Å². The first-order valence-corrected chi connectivity index (χ1v) is 8.42. The standard InChI is InChI=1S/C18H19BrN2O2.ClH/c19-16-7-5-14(6-8-16)17-12-21(9-10-23-17)18(22)15-3-1-13(11-20)2-4-15;/h1-8,17H,9-12,20H2;1H. The lowest BCUT2D eigenvalue weighted by molar-refractivity contribution is -0.0228. The van der Waals surface area contributed by atoms with Crippen molar-refractivity contribution in [3.05, 3.63) is 69.7 Å². The van der Waals surface area contributed by atoms with E-state index in [1.807, 2.05) is 53.4 Å². The van der Waals surface area contributed by atoms with E-state index in [0.717, 1.165) is 15.6 Å². The second-order valence-corrected chi connectivity index (χ2v) is 6.48. The highest BCUT2D eigenvalue weighted by atomic mass is 79.9. The minimum Gasteiger partial charge on any atom is -0.370 e. The lowest BCUT2D eigenvalue weighted by atomic mass is 10.1. The van der Waals surface area contributed by atoms with Crippen molar-refractivity contribution in [1.82, 2.24) is 4.90 Å². The number of nitrogens with zero attached hydrogens (tertiary/aromatic N) is 1. The van der Waals surface area contributed by atoms with E-state index in [4.69, 9.17) is 10.5 Å². The van der Waals surface area contributed by atoms with Gasteiger partial charge in [0, 0.05) is 23.1 Å². The van der Waals surface area contributed by atoms with E-state index in [9.17, 15) is 4.79 Å². The first-order chi connectivity index (χ1) is 11.2. The molecule has 1 heterocycles. The summed E-state index contributed by atoms with van der Waals surface area (Å²) in [6.07, 6.45) is -0.0795. The summed E-state index contributed by atoms with van der Waals surface area (Å²) in [5.74, 6) is 0.0407. The Morgan fingerprint density at radius 1 is 1.17 bits per heavy atom. The summed E-state index contributed by atoms with van der Waals surface area (Å²) in [6, 6.07) is 15.5. The predicted octanol–water partition coefficient (Wildman–Crippen LogP) is 3.54. The zero-order chi connectivity index (χ0) is 16.2. The van der Waals surface area contributed by atoms with Crippen molar-refractivity contribution in [2.45, 2.75) is 12.6 Å². The normalized spacial score (nSPS) is 17.2. The summed E-state index contributed by atoms with van der Waals surface area (Å²) in [4.78, 5) is 14.5. The molecule has 1 aliphatic heterocycles. The third-order valence-electron chi connectivity index (χ3n) is 4.03. The lowest BCUT2D eigenvalue weighted by Gasteiger charge is -2.33. The minimum absolute atomic E-state index is 0. The quantitative estimate of drug-likeness (QED) is 0.840. The molecule has 0 aliphatic carbocycles. The van der Waals surface area contributed by atoms with E-state index in [0.29, 0.717) is 31.8 Å². The van der Waals surface area contributed by atoms with Gasteiger partial charge in [0.05, 0.1) is 13.2 Å². The smallest absolute Gasteiger partial charge is 0.254 e. The van der Waals surface area contributed by atoms with Crippen LogP contribution in [-0.2, 0) is 11.3 Å². The number of morpholine rings is 1. The fraction of sp³-hybridized carbons (Fsp3) is 0.278. The molecule has 0 aromatic heterocycles. The average molecular weight is 412 g/mol. The van der Waals surface area contributed by atoms with Crippen LogP contribution in [0.2, 0.25) is 0 Å². The number of hydrogen-bond acceptors (Lipinski definition) is 3. The van der Waals surface area contributed by atoms with Gasteiger partial charge in [-0.25, -0.2) is 0 Å². The van der Waals surface area contributed by atoms with Crippen LogP contribution in [0.25, 0.3) is 0 Å². The highest BCUT2D eigenvalue weighted by Gasteiger charge is 2.26. The maximum Gasteiger partial charge on any atom is 0.254 e. The lowest BCUT2D eigenvalue weighted by Crippen LogP contribution is -2.42. The van der Waals surface area contributed by atoms with Crippen LogP contribution in [0, 0.1) is 0 Å². The third kappa shape index (κ3) is 4.36. The van der Waals surface area contributed by atoms with Crippen molar-refractivity contribution in [2.75, 3.05) is 19.7 Å². The SMILES string of the molecule is Cl.NCc1ccc(C(=O)N2CCOC(c3ccc(Br)cc3)C2)cc1. The second-order valence-electron chi connectivity index (χ2n) is 5.56. The van der Waals surface area contributed by atoms with E-state index < -0.39 is 0 Å². The molecule has 0 radical (unpaired) electrons. The highest BCUT2D eigenvalue weighted by Crippen LogP contribution is 2.24. The van der Waals surface area contributed by atoms with Gasteiger partial charge in [0.15, 0.2) is 0 Å². The Morgan fingerprint density at radius 2 is 1.83 bits per heavy atom. The number of halogens is 2. The topological polar surface area (TPSA) is 55.6 Å². The average Bonchev–Trinajstić information content (AvgIpc) is 2.62. The summed E-state index contributed by atoms with van der Waals surface area (Å²) in [5, 5.41) is 0. The molecule has 2 aromatic carbocycles. The van der Waals surface area contributed by atoms with Gasteiger partial charge < -0.3 is 15.4 Å². The summed E-state index contributed by atoms with van der Waals surface area (Å²) >= 11 is 3.43. The molecule has 2 aromatic rings. The molecule has 1 unspecified atom stereocenters. The first-order valence-electron chi connectivity index (χ1n) is 7.63. The molecule has 0 spiro atoms. The molecule has 1 atom stereocenters. The van der Waals surface area contributed by atoms with Crippen molar-refractivity contribution < 1.29 is 9.53 Å². The monoisotopic (exact) mass is 410 g/mol. The van der Waals surface area contributed by atoms with Crippen LogP contribution in [0.5, 0.6) is 0 Å². The predicted molar refractivity (Wildman–Crippen MR) is 100 cm³/mol. The Morgan fingerprint density at radius 3 is 2.46 bits per heavy atom. The molecule has 3 rings (SSSR count). The Labute approximate surface area is 156 Å². The van der Waals surface area contributed by atoms with Gasteiger partial charge >= 0.3 is 0 Å². The van der Waals surface area contributed by atoms with Gasteiger partial charge in [-0.1, -0.05) is 40.2 Å². The Hall–Kier alpha value is -1.40. The molecule has 0 bridgehead atoms. The van der Waals surface area contributed by atoms with Crippen LogP contribution in [0.3, 0.4) is 0 Å². The molecule has 1 fully saturated rings. The van der Waals surface area contributed by atoms with Crippen molar-refractivity contribution in [3.63, 3.8) is 0 Å². The maximum atomic E-state index is 12.7. The molecule has 0 saturated carbocycles. The van der Waals surface area contributed by atoms with Crippen LogP contribution in [0.15, 0.2) is 53.0 Å². The van der Waals surface area contributed by atoms with E-state index in [2.05, 4.69) is 15.9 Å². The molecule has 128 valence electrons. The highest BCUT2D eigenvalue weighted by molar-refractivity contribution is 9.10. The summed E-state index contributed by atoms with van der Waals surface area (Å²) < 4.78 is 6.86. The van der Waals surface area contributed by atoms with Crippen molar-refractivity contribution >= 4 is 34.2 Å². The number of hydrogen-bond donors (Lipinski definition) is 1. The fourth-order valence-corrected chi connectivity index (χ4v) is 2.94. The van der Waals surface area contributed by atoms with Crippen LogP contribution in [-0.4, -0.2) is 30.5 Å². The van der Waals surface area contributed by atoms with Gasteiger partial charge in [-0.15, -0.1) is 12.4 Å². The molecular weight excluding hydrogens is 392 g/mol. The number of carbonyl (C=O) groups is 1. The number of rotatable bonds is 3. The number of ether oxygens (including phenoxy) is 1. The third-order valence-corrected chi connectivity index (χ3v) is 4.56. The van der Waals surface area contributed by atoms with E-state index >= 15 is 0 Å². The summed E-state index contributed by atoms with van der Waals surface area (Å²) in [5.41, 5.74) is 8.40. The maximum absolute atomic E-state index is 12.7. The van der Waals surface area contributed by atoms with Crippen LogP contribution in [0.1, 0.15) is 27.6 Å². The molecule has 2 N–H and O–H groups in total. The molecule has 1 saturated heterocycles. The molecule has 4 nitrogen and oxygen atoms in total. The van der Waals surface area contributed by atoms with Gasteiger partial charge in [0.25, 0.3) is 5.91 Å². The number of amides is 1. The number of carbonyl (C=O) groups excluding carboxylic acids is 1. The summed E-state index contributed by atoms with van der Waals surface area (Å²) in [7, 11) is 0. The van der Waals surface area contributed by atoms with Crippen molar-refractivity contribution in [2.24, 2.45) is 5.73 Å². The van der Waals surface area contributed by atoms with Crippen LogP contribution < -0.4 is 5.73 Å². The largest absolute Gasteiger partial charge is 0.370 e. The number of benzene rings is 2. The Kier molecular flexibility index (Phi) is 6.80. The Bertz CT molecular complexity index is 676.